The molecule has 2 N–H and O–H groups in total. The quantitative estimate of drug-likeness (QED) is 0.705. The fourth-order valence-electron chi connectivity index (χ4n) is 1.75. The summed E-state index contributed by atoms with van der Waals surface area (Å²) in [6.45, 7) is -0.202. The molecule has 0 aliphatic carbocycles. The second kappa shape index (κ2) is 8.27. The molecular formula is C14H16F3N3O3S. The van der Waals surface area contributed by atoms with Crippen molar-refractivity contribution in [2.45, 2.75) is 6.18 Å². The first-order chi connectivity index (χ1) is 11.4. The van der Waals surface area contributed by atoms with Crippen LogP contribution in [0.3, 0.4) is 0 Å². The highest BCUT2D eigenvalue weighted by Gasteiger charge is 2.28. The van der Waals surface area contributed by atoms with Gasteiger partial charge in [-0.15, -0.1) is 0 Å². The molecule has 2 aromatic rings. The van der Waals surface area contributed by atoms with E-state index >= 15 is 0 Å². The number of methoxy groups -OCH3 is 1. The molecule has 0 spiro atoms. The second-order valence-corrected chi connectivity index (χ2v) is 5.80. The van der Waals surface area contributed by atoms with E-state index in [0.717, 1.165) is 11.3 Å². The first-order valence-corrected chi connectivity index (χ1v) is 7.78. The Morgan fingerprint density at radius 3 is 2.88 bits per heavy atom. The lowest BCUT2D eigenvalue weighted by atomic mass is 10.3. The van der Waals surface area contributed by atoms with Crippen molar-refractivity contribution >= 4 is 32.6 Å². The Balaban J connectivity index is 1.94. The summed E-state index contributed by atoms with van der Waals surface area (Å²) >= 11 is 1.16. The summed E-state index contributed by atoms with van der Waals surface area (Å²) in [5.41, 5.74) is 0.571. The summed E-state index contributed by atoms with van der Waals surface area (Å²) in [7, 11) is 1.57. The molecule has 0 bridgehead atoms. The van der Waals surface area contributed by atoms with E-state index in [4.69, 9.17) is 4.74 Å². The number of carbonyl (C=O) groups is 1. The summed E-state index contributed by atoms with van der Waals surface area (Å²) < 4.78 is 46.6. The normalized spacial score (nSPS) is 11.7. The highest BCUT2D eigenvalue weighted by atomic mass is 32.1. The van der Waals surface area contributed by atoms with E-state index < -0.39 is 12.8 Å². The van der Waals surface area contributed by atoms with Crippen LogP contribution in [0.15, 0.2) is 18.2 Å². The topological polar surface area (TPSA) is 72.5 Å². The number of nitrogens with one attached hydrogen (secondary N) is 2. The van der Waals surface area contributed by atoms with E-state index in [1.165, 1.54) is 12.1 Å². The molecule has 24 heavy (non-hydrogen) atoms. The van der Waals surface area contributed by atoms with E-state index in [1.54, 1.807) is 13.2 Å². The number of aromatic nitrogens is 1. The van der Waals surface area contributed by atoms with Gasteiger partial charge in [0.1, 0.15) is 5.75 Å². The Morgan fingerprint density at radius 1 is 1.38 bits per heavy atom. The molecule has 0 saturated heterocycles. The van der Waals surface area contributed by atoms with Crippen molar-refractivity contribution < 1.29 is 27.4 Å². The molecular weight excluding hydrogens is 347 g/mol. The number of hydrogen-bond donors (Lipinski definition) is 2. The summed E-state index contributed by atoms with van der Waals surface area (Å²) in [6.07, 6.45) is -4.39. The highest BCUT2D eigenvalue weighted by Crippen LogP contribution is 2.29. The maximum Gasteiger partial charge on any atom is 0.422 e. The summed E-state index contributed by atoms with van der Waals surface area (Å²) in [5.74, 6) is -0.165. The number of anilines is 1. The molecule has 6 nitrogen and oxygen atoms in total. The van der Waals surface area contributed by atoms with Crippen molar-refractivity contribution in [1.82, 2.24) is 10.3 Å². The molecule has 0 unspecified atom stereocenters. The second-order valence-electron chi connectivity index (χ2n) is 4.77. The smallest absolute Gasteiger partial charge is 0.422 e. The Kier molecular flexibility index (Phi) is 6.35. The largest absolute Gasteiger partial charge is 0.484 e. The SMILES string of the molecule is COCCNCC(=O)Nc1nc2ccc(OCC(F)(F)F)cc2s1. The number of amides is 1. The molecule has 132 valence electrons. The fourth-order valence-corrected chi connectivity index (χ4v) is 2.66. The average Bonchev–Trinajstić information content (AvgIpc) is 2.90. The van der Waals surface area contributed by atoms with E-state index in [0.29, 0.717) is 28.5 Å². The zero-order valence-corrected chi connectivity index (χ0v) is 13.6. The molecule has 0 aliphatic heterocycles. The van der Waals surface area contributed by atoms with Crippen LogP contribution in [0.4, 0.5) is 18.3 Å². The van der Waals surface area contributed by atoms with Gasteiger partial charge in [-0.05, 0) is 18.2 Å². The Bertz CT molecular complexity index is 691. The van der Waals surface area contributed by atoms with Gasteiger partial charge in [-0.2, -0.15) is 13.2 Å². The zero-order valence-electron chi connectivity index (χ0n) is 12.8. The van der Waals surface area contributed by atoms with Gasteiger partial charge in [0.15, 0.2) is 11.7 Å². The maximum atomic E-state index is 12.2. The molecule has 1 heterocycles. The van der Waals surface area contributed by atoms with E-state index in [1.807, 2.05) is 0 Å². The molecule has 1 amide bonds. The Morgan fingerprint density at radius 2 is 2.17 bits per heavy atom. The number of hydrogen-bond acceptors (Lipinski definition) is 6. The maximum absolute atomic E-state index is 12.2. The van der Waals surface area contributed by atoms with Crippen LogP contribution >= 0.6 is 11.3 Å². The lowest BCUT2D eigenvalue weighted by Crippen LogP contribution is -2.30. The summed E-state index contributed by atoms with van der Waals surface area (Å²) in [6, 6.07) is 4.42. The van der Waals surface area contributed by atoms with Crippen molar-refractivity contribution in [2.75, 3.05) is 38.7 Å². The minimum atomic E-state index is -4.39. The third-order valence-corrected chi connectivity index (χ3v) is 3.71. The standard InChI is InChI=1S/C14H16F3N3O3S/c1-22-5-4-18-7-12(21)20-13-19-10-3-2-9(6-11(10)24-13)23-8-14(15,16)17/h2-3,6,18H,4-5,7-8H2,1H3,(H,19,20,21). The summed E-state index contributed by atoms with van der Waals surface area (Å²) in [4.78, 5) is 15.9. The molecule has 10 heteroatoms. The number of fused-ring (bicyclic) bond motifs is 1. The molecule has 0 saturated carbocycles. The first-order valence-electron chi connectivity index (χ1n) is 6.97. The van der Waals surface area contributed by atoms with E-state index in [-0.39, 0.29) is 18.2 Å². The molecule has 2 rings (SSSR count). The van der Waals surface area contributed by atoms with Crippen LogP contribution in [0.1, 0.15) is 0 Å². The van der Waals surface area contributed by atoms with Crippen LogP contribution in [0.25, 0.3) is 10.2 Å². The fraction of sp³-hybridized carbons (Fsp3) is 0.429. The van der Waals surface area contributed by atoms with Gasteiger partial charge in [0.2, 0.25) is 5.91 Å². The average molecular weight is 363 g/mol. The van der Waals surface area contributed by atoms with Gasteiger partial charge >= 0.3 is 6.18 Å². The number of alkyl halides is 3. The van der Waals surface area contributed by atoms with Gasteiger partial charge in [0.25, 0.3) is 0 Å². The van der Waals surface area contributed by atoms with Gasteiger partial charge in [-0.25, -0.2) is 4.98 Å². The van der Waals surface area contributed by atoms with Crippen molar-refractivity contribution in [3.63, 3.8) is 0 Å². The third-order valence-electron chi connectivity index (χ3n) is 2.78. The lowest BCUT2D eigenvalue weighted by molar-refractivity contribution is -0.153. The number of halogens is 3. The number of thiazole rings is 1. The third kappa shape index (κ3) is 5.95. The van der Waals surface area contributed by atoms with Gasteiger partial charge in [0, 0.05) is 13.7 Å². The number of carbonyl (C=O) groups excluding carboxylic acids is 1. The molecule has 1 aromatic carbocycles. The summed E-state index contributed by atoms with van der Waals surface area (Å²) in [5, 5.41) is 5.89. The Hall–Kier alpha value is -1.91. The predicted molar refractivity (Wildman–Crippen MR) is 84.5 cm³/mol. The Labute approximate surface area is 140 Å². The first kappa shape index (κ1) is 18.4. The van der Waals surface area contributed by atoms with Crippen LogP contribution in [-0.4, -0.2) is 50.5 Å². The molecule has 0 radical (unpaired) electrons. The highest BCUT2D eigenvalue weighted by molar-refractivity contribution is 7.22. The van der Waals surface area contributed by atoms with Crippen LogP contribution < -0.4 is 15.4 Å². The van der Waals surface area contributed by atoms with Crippen LogP contribution in [0.5, 0.6) is 5.75 Å². The van der Waals surface area contributed by atoms with Crippen molar-refractivity contribution in [1.29, 1.82) is 0 Å². The van der Waals surface area contributed by atoms with Gasteiger partial charge in [0.05, 0.1) is 23.4 Å². The molecule has 0 aliphatic rings. The number of nitrogens with zero attached hydrogens (tertiary/aromatic N) is 1. The van der Waals surface area contributed by atoms with Crippen LogP contribution in [-0.2, 0) is 9.53 Å². The number of ether oxygens (including phenoxy) is 2. The zero-order chi connectivity index (χ0) is 17.6. The van der Waals surface area contributed by atoms with Crippen LogP contribution in [0, 0.1) is 0 Å². The molecule has 0 fully saturated rings. The van der Waals surface area contributed by atoms with Crippen molar-refractivity contribution in [3.8, 4) is 5.75 Å². The predicted octanol–water partition coefficient (Wildman–Crippen LogP) is 2.41. The molecule has 1 aromatic heterocycles. The number of benzene rings is 1. The van der Waals surface area contributed by atoms with Crippen LogP contribution in [0.2, 0.25) is 0 Å². The van der Waals surface area contributed by atoms with Gasteiger partial charge in [-0.1, -0.05) is 11.3 Å². The monoisotopic (exact) mass is 363 g/mol. The molecule has 0 atom stereocenters. The van der Waals surface area contributed by atoms with Crippen molar-refractivity contribution in [3.05, 3.63) is 18.2 Å². The lowest BCUT2D eigenvalue weighted by Gasteiger charge is -2.08. The van der Waals surface area contributed by atoms with Gasteiger partial charge in [-0.3, -0.25) is 4.79 Å². The number of rotatable bonds is 8. The van der Waals surface area contributed by atoms with Gasteiger partial charge < -0.3 is 20.1 Å². The minimum Gasteiger partial charge on any atom is -0.484 e. The van der Waals surface area contributed by atoms with E-state index in [9.17, 15) is 18.0 Å². The minimum absolute atomic E-state index is 0.0996. The van der Waals surface area contributed by atoms with E-state index in [2.05, 4.69) is 20.4 Å². The van der Waals surface area contributed by atoms with Crippen molar-refractivity contribution in [2.24, 2.45) is 0 Å².